The summed E-state index contributed by atoms with van der Waals surface area (Å²) in [4.78, 5) is 28.5. The van der Waals surface area contributed by atoms with Crippen LogP contribution in [-0.4, -0.2) is 40.0 Å². The predicted octanol–water partition coefficient (Wildman–Crippen LogP) is 2.42. The highest BCUT2D eigenvalue weighted by Crippen LogP contribution is 2.24. The third kappa shape index (κ3) is 2.63. The van der Waals surface area contributed by atoms with Gasteiger partial charge in [-0.2, -0.15) is 0 Å². The fraction of sp³-hybridized carbons (Fsp3) is 0.375. The van der Waals surface area contributed by atoms with Crippen molar-refractivity contribution in [3.63, 3.8) is 0 Å². The molecule has 0 aliphatic carbocycles. The van der Waals surface area contributed by atoms with Crippen molar-refractivity contribution in [1.82, 2.24) is 9.88 Å². The minimum atomic E-state index is -1.02. The number of hydrogen-bond donors (Lipinski definition) is 2. The topological polar surface area (TPSA) is 73.4 Å². The molecule has 1 aliphatic heterocycles. The number of carbonyl (C=O) groups is 2. The highest BCUT2D eigenvalue weighted by Gasteiger charge is 2.22. The number of likely N-dealkylation sites (tertiary alicyclic amines) is 1. The van der Waals surface area contributed by atoms with Crippen LogP contribution in [0.5, 0.6) is 0 Å². The highest BCUT2D eigenvalue weighted by atomic mass is 16.4. The maximum absolute atomic E-state index is 12.4. The van der Waals surface area contributed by atoms with Crippen LogP contribution in [0, 0.1) is 0 Å². The Morgan fingerprint density at radius 1 is 1.14 bits per heavy atom. The van der Waals surface area contributed by atoms with Crippen LogP contribution in [-0.2, 0) is 11.2 Å². The maximum atomic E-state index is 12.4. The van der Waals surface area contributed by atoms with Crippen molar-refractivity contribution < 1.29 is 14.7 Å². The quantitative estimate of drug-likeness (QED) is 0.910. The molecule has 0 atom stereocenters. The lowest BCUT2D eigenvalue weighted by Crippen LogP contribution is -2.36. The molecule has 2 heterocycles. The molecule has 5 heteroatoms. The molecule has 110 valence electrons. The molecule has 0 saturated carbocycles. The number of para-hydroxylation sites is 1. The van der Waals surface area contributed by atoms with Crippen LogP contribution in [0.25, 0.3) is 10.9 Å². The second-order valence-electron chi connectivity index (χ2n) is 5.45. The minimum absolute atomic E-state index is 0.0157. The van der Waals surface area contributed by atoms with Crippen molar-refractivity contribution in [1.29, 1.82) is 0 Å². The molecule has 0 radical (unpaired) electrons. The van der Waals surface area contributed by atoms with E-state index < -0.39 is 5.97 Å². The number of carboxylic acids is 1. The summed E-state index contributed by atoms with van der Waals surface area (Å²) in [7, 11) is 0. The van der Waals surface area contributed by atoms with Gasteiger partial charge in [0.15, 0.2) is 0 Å². The van der Waals surface area contributed by atoms with Crippen LogP contribution in [0.4, 0.5) is 0 Å². The second kappa shape index (κ2) is 5.60. The van der Waals surface area contributed by atoms with Gasteiger partial charge in [0, 0.05) is 29.6 Å². The molecule has 0 unspecified atom stereocenters. The van der Waals surface area contributed by atoms with Gasteiger partial charge in [-0.3, -0.25) is 4.79 Å². The lowest BCUT2D eigenvalue weighted by molar-refractivity contribution is -0.131. The SMILES string of the molecule is O=C(O)c1[nH]c2ccccc2c1CC(=O)N1CCCCC1. The van der Waals surface area contributed by atoms with E-state index >= 15 is 0 Å². The number of carboxylic acid groups (broad SMARTS) is 1. The Morgan fingerprint density at radius 2 is 1.86 bits per heavy atom. The average molecular weight is 286 g/mol. The fourth-order valence-corrected chi connectivity index (χ4v) is 2.97. The van der Waals surface area contributed by atoms with Crippen molar-refractivity contribution in [3.05, 3.63) is 35.5 Å². The molecule has 1 aliphatic rings. The molecule has 0 spiro atoms. The Morgan fingerprint density at radius 3 is 2.57 bits per heavy atom. The van der Waals surface area contributed by atoms with Gasteiger partial charge in [0.25, 0.3) is 0 Å². The molecule has 5 nitrogen and oxygen atoms in total. The number of hydrogen-bond acceptors (Lipinski definition) is 2. The van der Waals surface area contributed by atoms with Crippen molar-refractivity contribution >= 4 is 22.8 Å². The standard InChI is InChI=1S/C16H18N2O3/c19-14(18-8-4-1-5-9-18)10-12-11-6-2-3-7-13(11)17-15(12)16(20)21/h2-3,6-7,17H,1,4-5,8-10H2,(H,20,21). The van der Waals surface area contributed by atoms with Gasteiger partial charge < -0.3 is 15.0 Å². The maximum Gasteiger partial charge on any atom is 0.352 e. The summed E-state index contributed by atoms with van der Waals surface area (Å²) in [6.07, 6.45) is 3.37. The van der Waals surface area contributed by atoms with Crippen LogP contribution in [0.15, 0.2) is 24.3 Å². The van der Waals surface area contributed by atoms with Crippen LogP contribution < -0.4 is 0 Å². The number of benzene rings is 1. The predicted molar refractivity (Wildman–Crippen MR) is 79.4 cm³/mol. The summed E-state index contributed by atoms with van der Waals surface area (Å²) in [5.41, 5.74) is 1.48. The number of nitrogens with zero attached hydrogens (tertiary/aromatic N) is 1. The van der Waals surface area contributed by atoms with Crippen molar-refractivity contribution in [2.24, 2.45) is 0 Å². The first-order valence-corrected chi connectivity index (χ1v) is 7.27. The van der Waals surface area contributed by atoms with Crippen LogP contribution in [0.1, 0.15) is 35.3 Å². The third-order valence-electron chi connectivity index (χ3n) is 4.06. The van der Waals surface area contributed by atoms with Crippen molar-refractivity contribution in [2.45, 2.75) is 25.7 Å². The molecule has 1 fully saturated rings. The van der Waals surface area contributed by atoms with Crippen LogP contribution in [0.3, 0.4) is 0 Å². The zero-order valence-electron chi connectivity index (χ0n) is 11.8. The van der Waals surface area contributed by atoms with Gasteiger partial charge in [0.2, 0.25) is 5.91 Å². The Balaban J connectivity index is 1.93. The number of aromatic amines is 1. The van der Waals surface area contributed by atoms with E-state index in [-0.39, 0.29) is 18.0 Å². The van der Waals surface area contributed by atoms with Gasteiger partial charge in [0.1, 0.15) is 5.69 Å². The molecule has 2 aromatic rings. The molecule has 0 bridgehead atoms. The first-order valence-electron chi connectivity index (χ1n) is 7.27. The molecule has 1 aromatic heterocycles. The fourth-order valence-electron chi connectivity index (χ4n) is 2.97. The first-order chi connectivity index (χ1) is 10.2. The molecular weight excluding hydrogens is 268 g/mol. The molecule has 1 amide bonds. The van der Waals surface area contributed by atoms with E-state index in [1.165, 1.54) is 0 Å². The van der Waals surface area contributed by atoms with Crippen LogP contribution >= 0.6 is 0 Å². The minimum Gasteiger partial charge on any atom is -0.477 e. The van der Waals surface area contributed by atoms with Gasteiger partial charge in [0.05, 0.1) is 6.42 Å². The molecule has 21 heavy (non-hydrogen) atoms. The molecule has 3 rings (SSSR count). The van der Waals surface area contributed by atoms with Crippen molar-refractivity contribution in [2.75, 3.05) is 13.1 Å². The van der Waals surface area contributed by atoms with Gasteiger partial charge in [-0.05, 0) is 25.3 Å². The molecule has 1 saturated heterocycles. The van der Waals surface area contributed by atoms with E-state index in [0.717, 1.165) is 43.3 Å². The van der Waals surface area contributed by atoms with Gasteiger partial charge in [-0.1, -0.05) is 18.2 Å². The lowest BCUT2D eigenvalue weighted by atomic mass is 10.0. The number of carbonyl (C=O) groups excluding carboxylic acids is 1. The molecule has 1 aromatic carbocycles. The van der Waals surface area contributed by atoms with E-state index in [4.69, 9.17) is 0 Å². The van der Waals surface area contributed by atoms with Gasteiger partial charge >= 0.3 is 5.97 Å². The number of aromatic carboxylic acids is 1. The van der Waals surface area contributed by atoms with Crippen LogP contribution in [0.2, 0.25) is 0 Å². The summed E-state index contributed by atoms with van der Waals surface area (Å²) in [6, 6.07) is 7.39. The van der Waals surface area contributed by atoms with E-state index in [2.05, 4.69) is 4.98 Å². The van der Waals surface area contributed by atoms with E-state index in [9.17, 15) is 14.7 Å². The highest BCUT2D eigenvalue weighted by molar-refractivity contribution is 5.99. The third-order valence-corrected chi connectivity index (χ3v) is 4.06. The number of piperidine rings is 1. The smallest absolute Gasteiger partial charge is 0.352 e. The Labute approximate surface area is 122 Å². The van der Waals surface area contributed by atoms with Gasteiger partial charge in [-0.25, -0.2) is 4.79 Å². The van der Waals surface area contributed by atoms with Crippen molar-refractivity contribution in [3.8, 4) is 0 Å². The molecular formula is C16H18N2O3. The summed E-state index contributed by atoms with van der Waals surface area (Å²) in [6.45, 7) is 1.56. The normalized spacial score (nSPS) is 15.3. The largest absolute Gasteiger partial charge is 0.477 e. The number of rotatable bonds is 3. The van der Waals surface area contributed by atoms with E-state index in [1.807, 2.05) is 29.2 Å². The Kier molecular flexibility index (Phi) is 3.64. The number of amides is 1. The van der Waals surface area contributed by atoms with Gasteiger partial charge in [-0.15, -0.1) is 0 Å². The monoisotopic (exact) mass is 286 g/mol. The second-order valence-corrected chi connectivity index (χ2v) is 5.45. The summed E-state index contributed by atoms with van der Waals surface area (Å²) in [5.74, 6) is -1.01. The lowest BCUT2D eigenvalue weighted by Gasteiger charge is -2.26. The van der Waals surface area contributed by atoms with E-state index in [0.29, 0.717) is 5.56 Å². The number of H-pyrrole nitrogens is 1. The Hall–Kier alpha value is -2.30. The van der Waals surface area contributed by atoms with E-state index in [1.54, 1.807) is 0 Å². The number of fused-ring (bicyclic) bond motifs is 1. The summed E-state index contributed by atoms with van der Waals surface area (Å²) >= 11 is 0. The first kappa shape index (κ1) is 13.7. The molecule has 2 N–H and O–H groups in total. The zero-order valence-corrected chi connectivity index (χ0v) is 11.8. The average Bonchev–Trinajstić information content (AvgIpc) is 2.87. The number of aromatic nitrogens is 1. The number of nitrogens with one attached hydrogen (secondary N) is 1. The zero-order chi connectivity index (χ0) is 14.8. The Bertz CT molecular complexity index is 684. The summed E-state index contributed by atoms with van der Waals surface area (Å²) in [5, 5.41) is 10.2. The summed E-state index contributed by atoms with van der Waals surface area (Å²) < 4.78 is 0.